The molecule has 0 aliphatic carbocycles. The lowest BCUT2D eigenvalue weighted by Crippen LogP contribution is -2.19. The van der Waals surface area contributed by atoms with Crippen molar-refractivity contribution < 1.29 is 0 Å². The fourth-order valence-corrected chi connectivity index (χ4v) is 2.06. The first-order valence-corrected chi connectivity index (χ1v) is 6.20. The topological polar surface area (TPSA) is 47.1 Å². The number of anilines is 2. The minimum atomic E-state index is 0.793. The molecule has 1 aromatic heterocycles. The van der Waals surface area contributed by atoms with Gasteiger partial charge in [-0.2, -0.15) is 5.10 Å². The zero-order valence-corrected chi connectivity index (χ0v) is 11.2. The van der Waals surface area contributed by atoms with Gasteiger partial charge in [0.1, 0.15) is 0 Å². The summed E-state index contributed by atoms with van der Waals surface area (Å²) in [5.74, 6) is 0. The molecule has 0 saturated carbocycles. The summed E-state index contributed by atoms with van der Waals surface area (Å²) in [4.78, 5) is 2.20. The number of rotatable bonds is 4. The second-order valence-electron chi connectivity index (χ2n) is 4.54. The molecule has 0 atom stereocenters. The van der Waals surface area contributed by atoms with Gasteiger partial charge in [0.05, 0.1) is 17.9 Å². The van der Waals surface area contributed by atoms with Crippen molar-refractivity contribution in [2.24, 2.45) is 0 Å². The van der Waals surface area contributed by atoms with E-state index in [-0.39, 0.29) is 0 Å². The Morgan fingerprint density at radius 3 is 2.56 bits per heavy atom. The van der Waals surface area contributed by atoms with Crippen molar-refractivity contribution in [1.82, 2.24) is 9.78 Å². The molecule has 2 N–H and O–H groups in total. The van der Waals surface area contributed by atoms with Crippen molar-refractivity contribution in [3.05, 3.63) is 41.7 Å². The van der Waals surface area contributed by atoms with Crippen molar-refractivity contribution in [2.45, 2.75) is 26.9 Å². The van der Waals surface area contributed by atoms with E-state index >= 15 is 0 Å². The lowest BCUT2D eigenvalue weighted by molar-refractivity contribution is 0.613. The van der Waals surface area contributed by atoms with Crippen molar-refractivity contribution in [3.8, 4) is 0 Å². The van der Waals surface area contributed by atoms with Crippen LogP contribution in [0.2, 0.25) is 0 Å². The first-order chi connectivity index (χ1) is 8.60. The van der Waals surface area contributed by atoms with Crippen molar-refractivity contribution in [2.75, 3.05) is 17.7 Å². The third-order valence-corrected chi connectivity index (χ3v) is 3.02. The Kier molecular flexibility index (Phi) is 3.55. The summed E-state index contributed by atoms with van der Waals surface area (Å²) in [5, 5.41) is 4.46. The molecule has 0 saturated heterocycles. The van der Waals surface area contributed by atoms with Crippen LogP contribution in [0.3, 0.4) is 0 Å². The lowest BCUT2D eigenvalue weighted by Gasteiger charge is -2.19. The van der Waals surface area contributed by atoms with Crippen LogP contribution in [0.1, 0.15) is 18.3 Å². The second kappa shape index (κ2) is 5.12. The largest absolute Gasteiger partial charge is 0.399 e. The molecule has 2 rings (SSSR count). The molecule has 0 radical (unpaired) electrons. The highest BCUT2D eigenvalue weighted by molar-refractivity contribution is 5.52. The van der Waals surface area contributed by atoms with E-state index < -0.39 is 0 Å². The lowest BCUT2D eigenvalue weighted by atomic mass is 10.2. The summed E-state index contributed by atoms with van der Waals surface area (Å²) in [7, 11) is 2.08. The van der Waals surface area contributed by atoms with E-state index in [0.29, 0.717) is 0 Å². The zero-order chi connectivity index (χ0) is 13.1. The number of nitrogen functional groups attached to an aromatic ring is 1. The maximum Gasteiger partial charge on any atom is 0.0597 e. The molecule has 0 fully saturated rings. The van der Waals surface area contributed by atoms with Crippen LogP contribution in [0.25, 0.3) is 0 Å². The van der Waals surface area contributed by atoms with Gasteiger partial charge in [-0.3, -0.25) is 4.68 Å². The van der Waals surface area contributed by atoms with E-state index in [1.54, 1.807) is 0 Å². The fraction of sp³-hybridized carbons (Fsp3) is 0.357. The summed E-state index contributed by atoms with van der Waals surface area (Å²) in [6.45, 7) is 5.88. The zero-order valence-electron chi connectivity index (χ0n) is 11.2. The molecule has 96 valence electrons. The van der Waals surface area contributed by atoms with Gasteiger partial charge in [0.25, 0.3) is 0 Å². The number of aryl methyl sites for hydroxylation is 2. The van der Waals surface area contributed by atoms with Crippen LogP contribution in [0.5, 0.6) is 0 Å². The van der Waals surface area contributed by atoms with E-state index in [2.05, 4.69) is 30.0 Å². The highest BCUT2D eigenvalue weighted by Gasteiger charge is 2.07. The molecule has 18 heavy (non-hydrogen) atoms. The molecule has 0 unspecified atom stereocenters. The van der Waals surface area contributed by atoms with Gasteiger partial charge < -0.3 is 10.6 Å². The van der Waals surface area contributed by atoms with Crippen LogP contribution in [0.15, 0.2) is 30.3 Å². The van der Waals surface area contributed by atoms with Crippen LogP contribution in [-0.4, -0.2) is 16.8 Å². The molecule has 0 aliphatic rings. The third-order valence-electron chi connectivity index (χ3n) is 3.02. The van der Waals surface area contributed by atoms with Gasteiger partial charge >= 0.3 is 0 Å². The van der Waals surface area contributed by atoms with E-state index in [1.807, 2.05) is 35.9 Å². The van der Waals surface area contributed by atoms with Gasteiger partial charge in [-0.05, 0) is 44.2 Å². The normalized spacial score (nSPS) is 10.6. The smallest absolute Gasteiger partial charge is 0.0597 e. The minimum Gasteiger partial charge on any atom is -0.399 e. The molecule has 0 aliphatic heterocycles. The van der Waals surface area contributed by atoms with Gasteiger partial charge in [-0.15, -0.1) is 0 Å². The molecule has 4 nitrogen and oxygen atoms in total. The molecule has 0 spiro atoms. The average Bonchev–Trinajstić information content (AvgIpc) is 2.70. The standard InChI is InChI=1S/C14H20N4/c1-4-18-14(9-11(2)16-18)10-17(3)13-7-5-12(15)6-8-13/h5-9H,4,10,15H2,1-3H3. The van der Waals surface area contributed by atoms with Crippen LogP contribution in [0, 0.1) is 6.92 Å². The van der Waals surface area contributed by atoms with Crippen LogP contribution in [-0.2, 0) is 13.1 Å². The number of hydrogen-bond donors (Lipinski definition) is 1. The molecule has 1 heterocycles. The monoisotopic (exact) mass is 244 g/mol. The fourth-order valence-electron chi connectivity index (χ4n) is 2.06. The first kappa shape index (κ1) is 12.5. The van der Waals surface area contributed by atoms with Gasteiger partial charge in [0.2, 0.25) is 0 Å². The van der Waals surface area contributed by atoms with Gasteiger partial charge in [0.15, 0.2) is 0 Å². The van der Waals surface area contributed by atoms with E-state index in [4.69, 9.17) is 5.73 Å². The maximum atomic E-state index is 5.70. The molecular formula is C14H20N4. The highest BCUT2D eigenvalue weighted by Crippen LogP contribution is 2.17. The summed E-state index contributed by atoms with van der Waals surface area (Å²) < 4.78 is 2.04. The van der Waals surface area contributed by atoms with Gasteiger partial charge in [-0.25, -0.2) is 0 Å². The van der Waals surface area contributed by atoms with Gasteiger partial charge in [0, 0.05) is 25.0 Å². The van der Waals surface area contributed by atoms with E-state index in [0.717, 1.165) is 30.2 Å². The number of nitrogens with zero attached hydrogens (tertiary/aromatic N) is 3. The minimum absolute atomic E-state index is 0.793. The highest BCUT2D eigenvalue weighted by atomic mass is 15.3. The van der Waals surface area contributed by atoms with Crippen molar-refractivity contribution in [3.63, 3.8) is 0 Å². The van der Waals surface area contributed by atoms with Crippen LogP contribution >= 0.6 is 0 Å². The third kappa shape index (κ3) is 2.64. The number of benzene rings is 1. The molecule has 4 heteroatoms. The summed E-state index contributed by atoms with van der Waals surface area (Å²) >= 11 is 0. The second-order valence-corrected chi connectivity index (χ2v) is 4.54. The van der Waals surface area contributed by atoms with Crippen molar-refractivity contribution >= 4 is 11.4 Å². The van der Waals surface area contributed by atoms with E-state index in [1.165, 1.54) is 5.69 Å². The molecule has 0 bridgehead atoms. The van der Waals surface area contributed by atoms with Crippen LogP contribution < -0.4 is 10.6 Å². The summed E-state index contributed by atoms with van der Waals surface area (Å²) in [6, 6.07) is 10.1. The summed E-state index contributed by atoms with van der Waals surface area (Å²) in [5.41, 5.74) is 9.94. The Labute approximate surface area is 108 Å². The first-order valence-electron chi connectivity index (χ1n) is 6.20. The predicted molar refractivity (Wildman–Crippen MR) is 75.6 cm³/mol. The molecular weight excluding hydrogens is 224 g/mol. The Morgan fingerprint density at radius 1 is 1.28 bits per heavy atom. The molecule has 2 aromatic rings. The molecule has 1 aromatic carbocycles. The number of aromatic nitrogens is 2. The maximum absolute atomic E-state index is 5.70. The number of hydrogen-bond acceptors (Lipinski definition) is 3. The number of nitrogens with two attached hydrogens (primary N) is 1. The SMILES string of the molecule is CCn1nc(C)cc1CN(C)c1ccc(N)cc1. The Bertz CT molecular complexity index is 513. The quantitative estimate of drug-likeness (QED) is 0.840. The van der Waals surface area contributed by atoms with Crippen LogP contribution in [0.4, 0.5) is 11.4 Å². The molecule has 0 amide bonds. The van der Waals surface area contributed by atoms with E-state index in [9.17, 15) is 0 Å². The Balaban J connectivity index is 2.15. The predicted octanol–water partition coefficient (Wildman–Crippen LogP) is 2.43. The average molecular weight is 244 g/mol. The Hall–Kier alpha value is -1.97. The van der Waals surface area contributed by atoms with Crippen molar-refractivity contribution in [1.29, 1.82) is 0 Å². The Morgan fingerprint density at radius 2 is 1.94 bits per heavy atom. The summed E-state index contributed by atoms with van der Waals surface area (Å²) in [6.07, 6.45) is 0. The van der Waals surface area contributed by atoms with Gasteiger partial charge in [-0.1, -0.05) is 0 Å².